The maximum Gasteiger partial charge on any atom is 0.275 e. The molecular formula is C31H31F2N3O4. The largest absolute Gasteiger partial charge is 0.493 e. The Bertz CT molecular complexity index is 1430. The van der Waals surface area contributed by atoms with E-state index in [9.17, 15) is 14.4 Å². The average molecular weight is 548 g/mol. The van der Waals surface area contributed by atoms with Crippen LogP contribution in [0.3, 0.4) is 0 Å². The zero-order valence-corrected chi connectivity index (χ0v) is 22.5. The summed E-state index contributed by atoms with van der Waals surface area (Å²) in [6, 6.07) is 19.2. The van der Waals surface area contributed by atoms with Crippen molar-refractivity contribution in [2.24, 2.45) is 0 Å². The third kappa shape index (κ3) is 6.36. The molecule has 0 saturated heterocycles. The molecule has 4 rings (SSSR count). The van der Waals surface area contributed by atoms with Crippen LogP contribution in [0, 0.1) is 0 Å². The summed E-state index contributed by atoms with van der Waals surface area (Å²) in [5.74, 6) is -4.34. The molecule has 0 aromatic heterocycles. The van der Waals surface area contributed by atoms with Crippen molar-refractivity contribution in [2.45, 2.75) is 39.2 Å². The van der Waals surface area contributed by atoms with Crippen molar-refractivity contribution in [1.82, 2.24) is 5.32 Å². The number of ether oxygens (including phenoxy) is 1. The first-order chi connectivity index (χ1) is 19.1. The van der Waals surface area contributed by atoms with Gasteiger partial charge in [-0.05, 0) is 63.2 Å². The number of benzene rings is 3. The maximum absolute atomic E-state index is 15.3. The fourth-order valence-electron chi connectivity index (χ4n) is 4.48. The normalized spacial score (nSPS) is 15.2. The van der Waals surface area contributed by atoms with Gasteiger partial charge in [-0.3, -0.25) is 14.4 Å². The maximum atomic E-state index is 15.3. The van der Waals surface area contributed by atoms with Gasteiger partial charge in [-0.1, -0.05) is 30.3 Å². The Hall–Kier alpha value is -4.53. The Balaban J connectivity index is 1.59. The fourth-order valence-corrected chi connectivity index (χ4v) is 4.48. The van der Waals surface area contributed by atoms with Crippen molar-refractivity contribution in [3.8, 4) is 5.75 Å². The molecule has 3 amide bonds. The quantitative estimate of drug-likeness (QED) is 0.359. The van der Waals surface area contributed by atoms with E-state index in [4.69, 9.17) is 4.74 Å². The Morgan fingerprint density at radius 2 is 1.68 bits per heavy atom. The lowest BCUT2D eigenvalue weighted by Crippen LogP contribution is -2.33. The Labute approximate surface area is 231 Å². The van der Waals surface area contributed by atoms with Crippen LogP contribution in [0.1, 0.15) is 53.5 Å². The number of hydrogen-bond donors (Lipinski definition) is 2. The topological polar surface area (TPSA) is 87.7 Å². The first-order valence-electron chi connectivity index (χ1n) is 13.1. The van der Waals surface area contributed by atoms with E-state index in [1.807, 2.05) is 6.92 Å². The molecule has 0 bridgehead atoms. The Morgan fingerprint density at radius 1 is 1.00 bits per heavy atom. The molecule has 3 aromatic rings. The third-order valence-electron chi connectivity index (χ3n) is 6.30. The van der Waals surface area contributed by atoms with Gasteiger partial charge in [0.25, 0.3) is 17.7 Å². The van der Waals surface area contributed by atoms with Crippen molar-refractivity contribution < 1.29 is 27.9 Å². The molecule has 0 saturated carbocycles. The highest BCUT2D eigenvalue weighted by atomic mass is 19.3. The zero-order chi connectivity index (χ0) is 28.9. The highest BCUT2D eigenvalue weighted by Gasteiger charge is 2.41. The molecule has 9 heteroatoms. The number of rotatable bonds is 7. The summed E-state index contributed by atoms with van der Waals surface area (Å²) in [4.78, 5) is 40.0. The second-order valence-electron chi connectivity index (χ2n) is 9.61. The van der Waals surface area contributed by atoms with E-state index in [0.29, 0.717) is 23.6 Å². The third-order valence-corrected chi connectivity index (χ3v) is 6.30. The minimum Gasteiger partial charge on any atom is -0.493 e. The van der Waals surface area contributed by atoms with Crippen LogP contribution in [0.25, 0.3) is 5.57 Å². The summed E-state index contributed by atoms with van der Waals surface area (Å²) in [7, 11) is 0. The molecule has 2 N–H and O–H groups in total. The first kappa shape index (κ1) is 28.5. The van der Waals surface area contributed by atoms with Gasteiger partial charge in [-0.15, -0.1) is 0 Å². The van der Waals surface area contributed by atoms with Gasteiger partial charge >= 0.3 is 0 Å². The molecular weight excluding hydrogens is 516 g/mol. The molecule has 0 fully saturated rings. The van der Waals surface area contributed by atoms with Gasteiger partial charge in [0.05, 0.1) is 17.9 Å². The highest BCUT2D eigenvalue weighted by Crippen LogP contribution is 2.43. The molecule has 1 heterocycles. The molecule has 3 aromatic carbocycles. The lowest BCUT2D eigenvalue weighted by atomic mass is 9.97. The number of para-hydroxylation sites is 2. The van der Waals surface area contributed by atoms with Crippen LogP contribution in [0.4, 0.5) is 20.2 Å². The Kier molecular flexibility index (Phi) is 8.62. The van der Waals surface area contributed by atoms with Crippen LogP contribution in [0.2, 0.25) is 0 Å². The minimum absolute atomic E-state index is 0.120. The van der Waals surface area contributed by atoms with E-state index in [-0.39, 0.29) is 35.3 Å². The van der Waals surface area contributed by atoms with Crippen LogP contribution in [0.5, 0.6) is 5.75 Å². The van der Waals surface area contributed by atoms with Gasteiger partial charge in [0.1, 0.15) is 5.75 Å². The second-order valence-corrected chi connectivity index (χ2v) is 9.61. The molecule has 0 unspecified atom stereocenters. The SMILES string of the molecule is CCOc1ccccc1C(=O)Nc1ccc(C(=O)N2CCC(F)(F)/C(=C\C(=O)NC(C)C)c3ccccc32)cc1. The van der Waals surface area contributed by atoms with Crippen LogP contribution in [-0.4, -0.2) is 42.8 Å². The number of hydrogen-bond acceptors (Lipinski definition) is 4. The van der Waals surface area contributed by atoms with Crippen LogP contribution < -0.4 is 20.3 Å². The molecule has 0 spiro atoms. The van der Waals surface area contributed by atoms with Gasteiger partial charge in [-0.25, -0.2) is 8.78 Å². The molecule has 0 aliphatic carbocycles. The number of amides is 3. The van der Waals surface area contributed by atoms with Crippen molar-refractivity contribution in [3.05, 3.63) is 95.6 Å². The number of anilines is 2. The van der Waals surface area contributed by atoms with E-state index in [1.54, 1.807) is 68.4 Å². The summed E-state index contributed by atoms with van der Waals surface area (Å²) in [5, 5.41) is 5.40. The standard InChI is InChI=1S/C31H31F2N3O4/c1-4-40-27-12-8-6-10-24(27)29(38)35-22-15-13-21(14-16-22)30(39)36-18-17-31(32,33)25(19-28(37)34-20(2)3)23-9-5-7-11-26(23)36/h5-16,19-20H,4,17-18H2,1-3H3,(H,34,37)(H,35,38)/b25-19-. The van der Waals surface area contributed by atoms with Gasteiger partial charge in [0.2, 0.25) is 5.91 Å². The van der Waals surface area contributed by atoms with Crippen molar-refractivity contribution in [3.63, 3.8) is 0 Å². The van der Waals surface area contributed by atoms with Gasteiger partial charge in [-0.2, -0.15) is 0 Å². The highest BCUT2D eigenvalue weighted by molar-refractivity contribution is 6.10. The monoisotopic (exact) mass is 547 g/mol. The number of alkyl halides is 2. The molecule has 0 atom stereocenters. The number of nitrogens with zero attached hydrogens (tertiary/aromatic N) is 1. The summed E-state index contributed by atoms with van der Waals surface area (Å²) in [5.41, 5.74) is 1.07. The molecule has 0 radical (unpaired) electrons. The van der Waals surface area contributed by atoms with Crippen molar-refractivity contribution in [2.75, 3.05) is 23.4 Å². The first-order valence-corrected chi connectivity index (χ1v) is 13.1. The van der Waals surface area contributed by atoms with E-state index >= 15 is 8.78 Å². The second kappa shape index (κ2) is 12.1. The molecule has 1 aliphatic heterocycles. The predicted molar refractivity (Wildman–Crippen MR) is 151 cm³/mol. The molecule has 7 nitrogen and oxygen atoms in total. The van der Waals surface area contributed by atoms with Crippen molar-refractivity contribution >= 4 is 34.7 Å². The van der Waals surface area contributed by atoms with Crippen molar-refractivity contribution in [1.29, 1.82) is 0 Å². The number of halogens is 2. The van der Waals surface area contributed by atoms with Crippen LogP contribution >= 0.6 is 0 Å². The Morgan fingerprint density at radius 3 is 2.38 bits per heavy atom. The lowest BCUT2D eigenvalue weighted by molar-refractivity contribution is -0.117. The van der Waals surface area contributed by atoms with Gasteiger partial charge in [0, 0.05) is 47.5 Å². The minimum atomic E-state index is -3.33. The summed E-state index contributed by atoms with van der Waals surface area (Å²) in [6.07, 6.45) is 0.273. The molecule has 40 heavy (non-hydrogen) atoms. The number of allylic oxidation sites excluding steroid dienone is 1. The molecule has 208 valence electrons. The van der Waals surface area contributed by atoms with E-state index < -0.39 is 29.7 Å². The number of nitrogens with one attached hydrogen (secondary N) is 2. The van der Waals surface area contributed by atoms with Gasteiger partial charge < -0.3 is 20.3 Å². The average Bonchev–Trinajstić information content (AvgIpc) is 3.02. The summed E-state index contributed by atoms with van der Waals surface area (Å²) < 4.78 is 36.1. The van der Waals surface area contributed by atoms with E-state index in [1.165, 1.54) is 23.1 Å². The van der Waals surface area contributed by atoms with Crippen LogP contribution in [-0.2, 0) is 4.79 Å². The number of carbonyl (C=O) groups excluding carboxylic acids is 3. The van der Waals surface area contributed by atoms with E-state index in [2.05, 4.69) is 10.6 Å². The van der Waals surface area contributed by atoms with E-state index in [0.717, 1.165) is 6.08 Å². The number of fused-ring (bicyclic) bond motifs is 1. The van der Waals surface area contributed by atoms with Gasteiger partial charge in [0.15, 0.2) is 0 Å². The van der Waals surface area contributed by atoms with Crippen LogP contribution in [0.15, 0.2) is 78.9 Å². The summed E-state index contributed by atoms with van der Waals surface area (Å²) in [6.45, 7) is 5.47. The predicted octanol–water partition coefficient (Wildman–Crippen LogP) is 5.93. The smallest absolute Gasteiger partial charge is 0.275 e. The molecule has 1 aliphatic rings. The number of carbonyl (C=O) groups is 3. The summed E-state index contributed by atoms with van der Waals surface area (Å²) >= 11 is 0. The zero-order valence-electron chi connectivity index (χ0n) is 22.5. The fraction of sp³-hybridized carbons (Fsp3) is 0.258. The lowest BCUT2D eigenvalue weighted by Gasteiger charge is -2.23.